The molecule has 5 amide bonds. The Balaban J connectivity index is 0.000000205. The summed E-state index contributed by atoms with van der Waals surface area (Å²) in [6, 6.07) is 27.0. The van der Waals surface area contributed by atoms with E-state index < -0.39 is 0 Å². The number of likely N-dealkylation sites (tertiary alicyclic amines) is 4. The molecule has 3 spiro atoms. The first-order valence-electron chi connectivity index (χ1n) is 38.1. The van der Waals surface area contributed by atoms with Gasteiger partial charge in [0.2, 0.25) is 29.5 Å². The maximum atomic E-state index is 13.5. The van der Waals surface area contributed by atoms with Crippen LogP contribution in [0.3, 0.4) is 0 Å². The van der Waals surface area contributed by atoms with Crippen molar-refractivity contribution in [1.82, 2.24) is 40.0 Å². The van der Waals surface area contributed by atoms with Crippen LogP contribution in [0.15, 0.2) is 72.8 Å². The van der Waals surface area contributed by atoms with E-state index in [9.17, 15) is 24.0 Å². The standard InChI is InChI=1S/C28H43N3O2.C28H44N2O2.C26H41N3O2.2H2/c1-27(2,3)14-18-30-19-15-28(16-20-30)13-12-24(22-9-6-7-10-23(22)28)29-25(32)21-31-17-8-4-5-11-26(31)33;1-5-30(26(31)22-11-20-32-21-12-22)25-10-13-28(24-9-7-6-8-23(24)25)15-18-29(19-16-28)17-14-27(2,3)4;1-20(30)28(5)16-11-24(31)27-23-10-12-26(22-9-7-6-8-21(22)23)14-18-29(19-15-26)17-13-25(2,3)4;;/h6-7,9-10,24H,4-5,8,11-21H2,1-3H3,(H,29,32);6-9,22,25H,5,10-21H2,1-4H3;6-9,23H,10-19H2,1-5H3,(H,27,31);2*1H/t24-;25-;23-;;/m100../s1. The van der Waals surface area contributed by atoms with Crippen molar-refractivity contribution in [3.05, 3.63) is 106 Å². The molecule has 3 aliphatic carbocycles. The normalized spacial score (nSPS) is 23.0. The van der Waals surface area contributed by atoms with Gasteiger partial charge in [-0.2, -0.15) is 0 Å². The number of benzene rings is 3. The molecule has 0 unspecified atom stereocenters. The minimum atomic E-state index is -0.0157. The van der Waals surface area contributed by atoms with Crippen LogP contribution in [0.4, 0.5) is 0 Å². The largest absolute Gasteiger partial charge is 0.381 e. The summed E-state index contributed by atoms with van der Waals surface area (Å²) in [7, 11) is 1.74. The highest BCUT2D eigenvalue weighted by Crippen LogP contribution is 2.52. The monoisotopic (exact) mass is 1330 g/mol. The molecule has 3 atom stereocenters. The van der Waals surface area contributed by atoms with E-state index in [0.717, 1.165) is 84.0 Å². The molecule has 536 valence electrons. The van der Waals surface area contributed by atoms with Crippen molar-refractivity contribution in [1.29, 1.82) is 0 Å². The number of hydrogen-bond donors (Lipinski definition) is 2. The molecule has 11 rings (SSSR count). The summed E-state index contributed by atoms with van der Waals surface area (Å²) in [5, 5.41) is 6.54. The second-order valence-electron chi connectivity index (χ2n) is 34.3. The Bertz CT molecular complexity index is 3030. The van der Waals surface area contributed by atoms with E-state index in [1.807, 2.05) is 0 Å². The van der Waals surface area contributed by atoms with Gasteiger partial charge in [-0.15, -0.1) is 0 Å². The Morgan fingerprint density at radius 1 is 0.542 bits per heavy atom. The maximum absolute atomic E-state index is 13.5. The minimum absolute atomic E-state index is 0. The summed E-state index contributed by atoms with van der Waals surface area (Å²) >= 11 is 0. The van der Waals surface area contributed by atoms with Crippen LogP contribution in [0.5, 0.6) is 0 Å². The lowest BCUT2D eigenvalue weighted by Gasteiger charge is -2.49. The molecule has 14 nitrogen and oxygen atoms in total. The van der Waals surface area contributed by atoms with Gasteiger partial charge in [-0.25, -0.2) is 0 Å². The molecular formula is C82H132N8O6. The van der Waals surface area contributed by atoms with Gasteiger partial charge in [-0.05, 0) is 254 Å². The van der Waals surface area contributed by atoms with Crippen LogP contribution in [0, 0.1) is 22.2 Å². The Kier molecular flexibility index (Phi) is 26.1. The Labute approximate surface area is 583 Å². The third-order valence-corrected chi connectivity index (χ3v) is 23.9. The second kappa shape index (κ2) is 33.3. The summed E-state index contributed by atoms with van der Waals surface area (Å²) in [5.74, 6) is 0.621. The van der Waals surface area contributed by atoms with Crippen molar-refractivity contribution < 1.29 is 31.6 Å². The summed E-state index contributed by atoms with van der Waals surface area (Å²) < 4.78 is 5.51. The van der Waals surface area contributed by atoms with E-state index >= 15 is 0 Å². The molecule has 5 heterocycles. The van der Waals surface area contributed by atoms with Crippen LogP contribution in [0.25, 0.3) is 0 Å². The van der Waals surface area contributed by atoms with Crippen molar-refractivity contribution in [2.45, 2.75) is 252 Å². The van der Waals surface area contributed by atoms with Crippen LogP contribution in [0.1, 0.15) is 272 Å². The number of amides is 5. The molecule has 0 radical (unpaired) electrons. The molecule has 3 aromatic rings. The number of carbonyl (C=O) groups is 5. The van der Waals surface area contributed by atoms with Gasteiger partial charge in [0, 0.05) is 68.4 Å². The topological polar surface area (TPSA) is 138 Å². The van der Waals surface area contributed by atoms with Crippen molar-refractivity contribution in [2.75, 3.05) is 105 Å². The zero-order valence-corrected chi connectivity index (χ0v) is 62.0. The van der Waals surface area contributed by atoms with Crippen LogP contribution in [-0.4, -0.2) is 164 Å². The molecule has 0 bridgehead atoms. The van der Waals surface area contributed by atoms with E-state index in [1.165, 1.54) is 163 Å². The van der Waals surface area contributed by atoms with Gasteiger partial charge in [0.15, 0.2) is 0 Å². The SMILES string of the molecule is CC(=O)N(C)CCC(=O)N[C@H]1CCC2(CCN(CCC(C)(C)C)CC2)c2ccccc21.CC(C)(C)CCN1CCC2(CC[C@@H](NC(=O)CN3CCCCCC3=O)c3ccccc32)CC1.CCN(C(=O)C1CCOCC1)[C@H]1CCC2(CCN(CCC(C)(C)C)CC2)c2ccccc21.[HH].[HH]. The number of carbonyl (C=O) groups excluding carboxylic acids is 5. The highest BCUT2D eigenvalue weighted by molar-refractivity contribution is 5.85. The first-order valence-corrected chi connectivity index (χ1v) is 38.1. The fraction of sp³-hybridized carbons (Fsp3) is 0.720. The van der Waals surface area contributed by atoms with Crippen LogP contribution in [0.2, 0.25) is 0 Å². The van der Waals surface area contributed by atoms with Gasteiger partial charge in [0.1, 0.15) is 0 Å². The molecule has 5 saturated heterocycles. The van der Waals surface area contributed by atoms with E-state index in [1.54, 1.807) is 16.8 Å². The molecule has 5 aliphatic heterocycles. The third-order valence-electron chi connectivity index (χ3n) is 23.9. The quantitative estimate of drug-likeness (QED) is 0.144. The zero-order chi connectivity index (χ0) is 68.9. The predicted octanol–water partition coefficient (Wildman–Crippen LogP) is 15.1. The van der Waals surface area contributed by atoms with Crippen LogP contribution in [-0.2, 0) is 45.0 Å². The van der Waals surface area contributed by atoms with Gasteiger partial charge in [-0.3, -0.25) is 24.0 Å². The molecule has 0 saturated carbocycles. The van der Waals surface area contributed by atoms with Crippen LogP contribution < -0.4 is 10.6 Å². The fourth-order valence-electron chi connectivity index (χ4n) is 17.3. The average Bonchev–Trinajstić information content (AvgIpc) is 0.782. The molecular weight excluding hydrogens is 1190 g/mol. The molecule has 3 aromatic carbocycles. The molecule has 0 aromatic heterocycles. The van der Waals surface area contributed by atoms with Crippen LogP contribution >= 0.6 is 0 Å². The van der Waals surface area contributed by atoms with Gasteiger partial charge < -0.3 is 44.8 Å². The second-order valence-corrected chi connectivity index (χ2v) is 34.3. The highest BCUT2D eigenvalue weighted by atomic mass is 16.5. The van der Waals surface area contributed by atoms with E-state index in [0.29, 0.717) is 53.5 Å². The first kappa shape index (κ1) is 75.1. The van der Waals surface area contributed by atoms with Gasteiger partial charge in [0.25, 0.3) is 0 Å². The van der Waals surface area contributed by atoms with Gasteiger partial charge in [-0.1, -0.05) is 142 Å². The molecule has 8 aliphatic rings. The van der Waals surface area contributed by atoms with Crippen molar-refractivity contribution in [3.63, 3.8) is 0 Å². The van der Waals surface area contributed by atoms with E-state index in [-0.39, 0.29) is 67.9 Å². The summed E-state index contributed by atoms with van der Waals surface area (Å²) in [4.78, 5) is 76.1. The summed E-state index contributed by atoms with van der Waals surface area (Å²) in [6.45, 7) is 38.9. The number of rotatable bonds is 16. The van der Waals surface area contributed by atoms with Gasteiger partial charge >= 0.3 is 0 Å². The lowest BCUT2D eigenvalue weighted by Crippen LogP contribution is -2.48. The smallest absolute Gasteiger partial charge is 0.240 e. The lowest BCUT2D eigenvalue weighted by atomic mass is 9.63. The first-order chi connectivity index (χ1) is 45.7. The lowest BCUT2D eigenvalue weighted by molar-refractivity contribution is -0.141. The third kappa shape index (κ3) is 20.1. The highest BCUT2D eigenvalue weighted by Gasteiger charge is 2.47. The van der Waals surface area contributed by atoms with Gasteiger partial charge in [0.05, 0.1) is 24.7 Å². The number of hydrogen-bond acceptors (Lipinski definition) is 9. The predicted molar refractivity (Wildman–Crippen MR) is 394 cm³/mol. The number of piperidine rings is 3. The zero-order valence-electron chi connectivity index (χ0n) is 62.0. The Morgan fingerprint density at radius 2 is 0.958 bits per heavy atom. The van der Waals surface area contributed by atoms with E-state index in [2.05, 4.69) is 172 Å². The number of ether oxygens (including phenoxy) is 1. The molecule has 2 N–H and O–H groups in total. The summed E-state index contributed by atoms with van der Waals surface area (Å²) in [6.07, 6.45) is 23.3. The average molecular weight is 1330 g/mol. The molecule has 96 heavy (non-hydrogen) atoms. The number of nitrogens with zero attached hydrogens (tertiary/aromatic N) is 6. The Hall–Kier alpha value is -5.15. The number of fused-ring (bicyclic) bond motifs is 6. The van der Waals surface area contributed by atoms with Crippen molar-refractivity contribution in [3.8, 4) is 0 Å². The number of nitrogens with one attached hydrogen (secondary N) is 2. The van der Waals surface area contributed by atoms with E-state index in [4.69, 9.17) is 4.74 Å². The van der Waals surface area contributed by atoms with Crippen molar-refractivity contribution in [2.24, 2.45) is 22.2 Å². The molecule has 14 heteroatoms. The molecule has 5 fully saturated rings. The summed E-state index contributed by atoms with van der Waals surface area (Å²) in [5.41, 5.74) is 10.4. The minimum Gasteiger partial charge on any atom is -0.381 e. The fourth-order valence-corrected chi connectivity index (χ4v) is 17.3. The Morgan fingerprint density at radius 3 is 1.40 bits per heavy atom. The maximum Gasteiger partial charge on any atom is 0.240 e. The van der Waals surface area contributed by atoms with Crippen molar-refractivity contribution >= 4 is 29.5 Å².